The van der Waals surface area contributed by atoms with Crippen molar-refractivity contribution in [3.8, 4) is 0 Å². The number of carbonyl (C=O) groups excluding carboxylic acids is 1. The summed E-state index contributed by atoms with van der Waals surface area (Å²) in [5, 5.41) is 11.2. The summed E-state index contributed by atoms with van der Waals surface area (Å²) in [4.78, 5) is 15.1. The van der Waals surface area contributed by atoms with Gasteiger partial charge in [-0.05, 0) is 38.3 Å². The summed E-state index contributed by atoms with van der Waals surface area (Å²) in [6.07, 6.45) is 2.77. The summed E-state index contributed by atoms with van der Waals surface area (Å²) in [5.74, 6) is 1.80. The van der Waals surface area contributed by atoms with Crippen LogP contribution in [0.2, 0.25) is 0 Å². The highest BCUT2D eigenvalue weighted by Gasteiger charge is 2.28. The molecule has 4 rings (SSSR count). The third-order valence-electron chi connectivity index (χ3n) is 5.85. The van der Waals surface area contributed by atoms with E-state index >= 15 is 0 Å². The minimum atomic E-state index is -0.0718. The van der Waals surface area contributed by atoms with E-state index in [2.05, 4.69) is 20.6 Å². The lowest BCUT2D eigenvalue weighted by molar-refractivity contribution is 0.0383. The van der Waals surface area contributed by atoms with Gasteiger partial charge in [-0.25, -0.2) is 0 Å². The lowest BCUT2D eigenvalue weighted by atomic mass is 9.91. The molecule has 158 valence electrons. The summed E-state index contributed by atoms with van der Waals surface area (Å²) in [6.45, 7) is 7.53. The first-order chi connectivity index (χ1) is 14.1. The van der Waals surface area contributed by atoms with E-state index in [0.717, 1.165) is 69.2 Å². The van der Waals surface area contributed by atoms with Crippen LogP contribution < -0.4 is 10.6 Å². The number of carbonyl (C=O) groups is 1. The second kappa shape index (κ2) is 9.11. The highest BCUT2D eigenvalue weighted by atomic mass is 16.5. The number of ether oxygens (including phenoxy) is 1. The molecule has 0 aromatic carbocycles. The summed E-state index contributed by atoms with van der Waals surface area (Å²) in [7, 11) is 1.93. The third kappa shape index (κ3) is 4.88. The molecule has 8 nitrogen and oxygen atoms in total. The van der Waals surface area contributed by atoms with E-state index in [1.54, 1.807) is 0 Å². The Labute approximate surface area is 171 Å². The van der Waals surface area contributed by atoms with Crippen LogP contribution in [0.15, 0.2) is 16.5 Å². The van der Waals surface area contributed by atoms with Gasteiger partial charge < -0.3 is 19.8 Å². The molecule has 29 heavy (non-hydrogen) atoms. The first-order valence-corrected chi connectivity index (χ1v) is 10.5. The quantitative estimate of drug-likeness (QED) is 0.721. The molecule has 2 aromatic heterocycles. The number of fused-ring (bicyclic) bond motifs is 1. The van der Waals surface area contributed by atoms with Crippen molar-refractivity contribution in [2.75, 3.05) is 39.4 Å². The number of hydrogen-bond acceptors (Lipinski definition) is 6. The molecule has 1 aliphatic heterocycles. The molecule has 8 heteroatoms. The van der Waals surface area contributed by atoms with Gasteiger partial charge in [-0.2, -0.15) is 5.10 Å². The zero-order valence-electron chi connectivity index (χ0n) is 17.4. The average Bonchev–Trinajstić information content (AvgIpc) is 3.30. The second-order valence-corrected chi connectivity index (χ2v) is 7.94. The number of amides is 1. The van der Waals surface area contributed by atoms with Crippen LogP contribution in [0.3, 0.4) is 0 Å². The average molecular weight is 402 g/mol. The van der Waals surface area contributed by atoms with E-state index in [1.165, 1.54) is 5.69 Å². The SMILES string of the molecule is Cc1ccc(CNC2CCc3c(c(C(=O)NCCN4CCOCC4)nn3C)C2)o1. The molecule has 3 heterocycles. The van der Waals surface area contributed by atoms with Crippen molar-refractivity contribution in [2.45, 2.75) is 38.8 Å². The molecule has 2 aromatic rings. The molecule has 1 amide bonds. The maximum Gasteiger partial charge on any atom is 0.272 e. The molecule has 0 saturated carbocycles. The van der Waals surface area contributed by atoms with Gasteiger partial charge in [0, 0.05) is 50.5 Å². The molecule has 1 aliphatic carbocycles. The van der Waals surface area contributed by atoms with Crippen LogP contribution in [0.25, 0.3) is 0 Å². The van der Waals surface area contributed by atoms with Gasteiger partial charge in [-0.15, -0.1) is 0 Å². The molecule has 1 atom stereocenters. The summed E-state index contributed by atoms with van der Waals surface area (Å²) < 4.78 is 12.9. The van der Waals surface area contributed by atoms with Gasteiger partial charge in [-0.1, -0.05) is 0 Å². The lowest BCUT2D eigenvalue weighted by Gasteiger charge is -2.26. The molecule has 1 unspecified atom stereocenters. The Balaban J connectivity index is 1.33. The van der Waals surface area contributed by atoms with E-state index in [4.69, 9.17) is 9.15 Å². The van der Waals surface area contributed by atoms with Gasteiger partial charge in [0.05, 0.1) is 19.8 Å². The lowest BCUT2D eigenvalue weighted by Crippen LogP contribution is -2.41. The Bertz CT molecular complexity index is 837. The summed E-state index contributed by atoms with van der Waals surface area (Å²) >= 11 is 0. The number of aryl methyl sites for hydroxylation is 2. The molecule has 1 saturated heterocycles. The summed E-state index contributed by atoms with van der Waals surface area (Å²) in [6, 6.07) is 4.31. The van der Waals surface area contributed by atoms with Crippen LogP contribution in [0.4, 0.5) is 0 Å². The fraction of sp³-hybridized carbons (Fsp3) is 0.619. The topological polar surface area (TPSA) is 84.6 Å². The highest BCUT2D eigenvalue weighted by Crippen LogP contribution is 2.24. The van der Waals surface area contributed by atoms with Gasteiger partial charge in [0.25, 0.3) is 5.91 Å². The summed E-state index contributed by atoms with van der Waals surface area (Å²) in [5.41, 5.74) is 2.83. The normalized spacial score (nSPS) is 19.9. The van der Waals surface area contributed by atoms with Crippen molar-refractivity contribution in [1.29, 1.82) is 0 Å². The van der Waals surface area contributed by atoms with Crippen molar-refractivity contribution < 1.29 is 13.9 Å². The number of nitrogens with one attached hydrogen (secondary N) is 2. The van der Waals surface area contributed by atoms with Crippen molar-refractivity contribution in [2.24, 2.45) is 7.05 Å². The number of aromatic nitrogens is 2. The van der Waals surface area contributed by atoms with Crippen LogP contribution in [0, 0.1) is 6.92 Å². The largest absolute Gasteiger partial charge is 0.465 e. The second-order valence-electron chi connectivity index (χ2n) is 7.94. The zero-order valence-corrected chi connectivity index (χ0v) is 17.4. The number of morpholine rings is 1. The molecule has 0 bridgehead atoms. The molecule has 2 N–H and O–H groups in total. The molecule has 0 radical (unpaired) electrons. The van der Waals surface area contributed by atoms with Gasteiger partial charge >= 0.3 is 0 Å². The molecule has 1 fully saturated rings. The van der Waals surface area contributed by atoms with Crippen molar-refractivity contribution in [3.05, 3.63) is 40.6 Å². The number of rotatable bonds is 7. The first-order valence-electron chi connectivity index (χ1n) is 10.5. The van der Waals surface area contributed by atoms with Gasteiger partial charge in [-0.3, -0.25) is 14.4 Å². The van der Waals surface area contributed by atoms with Gasteiger partial charge in [0.15, 0.2) is 5.69 Å². The van der Waals surface area contributed by atoms with E-state index in [9.17, 15) is 4.79 Å². The Kier molecular flexibility index (Phi) is 6.32. The predicted molar refractivity (Wildman–Crippen MR) is 109 cm³/mol. The van der Waals surface area contributed by atoms with Crippen LogP contribution in [0.1, 0.15) is 39.7 Å². The van der Waals surface area contributed by atoms with E-state index in [0.29, 0.717) is 24.8 Å². The molecular weight excluding hydrogens is 370 g/mol. The first kappa shape index (κ1) is 20.1. The minimum Gasteiger partial charge on any atom is -0.465 e. The maximum absolute atomic E-state index is 12.8. The smallest absolute Gasteiger partial charge is 0.272 e. The maximum atomic E-state index is 12.8. The fourth-order valence-electron chi connectivity index (χ4n) is 4.21. The Morgan fingerprint density at radius 3 is 2.90 bits per heavy atom. The standard InChI is InChI=1S/C21H31N5O3/c1-15-3-5-17(29-15)14-23-16-4-6-19-18(13-16)20(24-25(19)2)21(27)22-7-8-26-9-11-28-12-10-26/h3,5,16,23H,4,6-14H2,1-2H3,(H,22,27). The predicted octanol–water partition coefficient (Wildman–Crippen LogP) is 1.03. The van der Waals surface area contributed by atoms with E-state index < -0.39 is 0 Å². The number of nitrogens with zero attached hydrogens (tertiary/aromatic N) is 3. The minimum absolute atomic E-state index is 0.0718. The molecule has 0 spiro atoms. The fourth-order valence-corrected chi connectivity index (χ4v) is 4.21. The Morgan fingerprint density at radius 2 is 2.14 bits per heavy atom. The van der Waals surface area contributed by atoms with E-state index in [1.807, 2.05) is 30.8 Å². The number of hydrogen-bond donors (Lipinski definition) is 2. The van der Waals surface area contributed by atoms with Crippen molar-refractivity contribution in [3.63, 3.8) is 0 Å². The zero-order chi connectivity index (χ0) is 20.2. The van der Waals surface area contributed by atoms with Gasteiger partial charge in [0.1, 0.15) is 11.5 Å². The molecular formula is C21H31N5O3. The highest BCUT2D eigenvalue weighted by molar-refractivity contribution is 5.94. The van der Waals surface area contributed by atoms with Gasteiger partial charge in [0.2, 0.25) is 0 Å². The molecule has 2 aliphatic rings. The van der Waals surface area contributed by atoms with Crippen LogP contribution in [-0.2, 0) is 31.2 Å². The Morgan fingerprint density at radius 1 is 1.31 bits per heavy atom. The monoisotopic (exact) mass is 401 g/mol. The van der Waals surface area contributed by atoms with E-state index in [-0.39, 0.29) is 5.91 Å². The van der Waals surface area contributed by atoms with Crippen LogP contribution in [-0.4, -0.2) is 66.0 Å². The third-order valence-corrected chi connectivity index (χ3v) is 5.85. The van der Waals surface area contributed by atoms with Crippen LogP contribution in [0.5, 0.6) is 0 Å². The Hall–Kier alpha value is -2.16. The van der Waals surface area contributed by atoms with Crippen molar-refractivity contribution >= 4 is 5.91 Å². The van der Waals surface area contributed by atoms with Crippen molar-refractivity contribution in [1.82, 2.24) is 25.3 Å². The van der Waals surface area contributed by atoms with Crippen LogP contribution >= 0.6 is 0 Å². The number of furan rings is 1.